The first kappa shape index (κ1) is 12.9. The second-order valence-corrected chi connectivity index (χ2v) is 6.03. The molecule has 1 heterocycles. The summed E-state index contributed by atoms with van der Waals surface area (Å²) in [5, 5.41) is 10.0. The average molecular weight is 261 g/mol. The summed E-state index contributed by atoms with van der Waals surface area (Å²) in [6, 6.07) is 6.35. The molecule has 1 aromatic carbocycles. The van der Waals surface area contributed by atoms with Crippen molar-refractivity contribution in [2.45, 2.75) is 44.2 Å². The number of hydrogen-bond acceptors (Lipinski definition) is 3. The lowest BCUT2D eigenvalue weighted by Gasteiger charge is -2.18. The summed E-state index contributed by atoms with van der Waals surface area (Å²) in [4.78, 5) is 2.48. The van der Waals surface area contributed by atoms with Crippen molar-refractivity contribution >= 4 is 0 Å². The van der Waals surface area contributed by atoms with Crippen LogP contribution in [0.3, 0.4) is 0 Å². The number of hydrogen-bond donors (Lipinski definition) is 1. The monoisotopic (exact) mass is 261 g/mol. The highest BCUT2D eigenvalue weighted by Crippen LogP contribution is 2.38. The Bertz CT molecular complexity index is 448. The zero-order valence-corrected chi connectivity index (χ0v) is 11.7. The molecule has 0 unspecified atom stereocenters. The lowest BCUT2D eigenvalue weighted by atomic mass is 10.0. The molecule has 0 bridgehead atoms. The van der Waals surface area contributed by atoms with Gasteiger partial charge in [0.1, 0.15) is 5.75 Å². The van der Waals surface area contributed by atoms with Crippen LogP contribution in [-0.2, 0) is 13.0 Å². The van der Waals surface area contributed by atoms with Crippen LogP contribution >= 0.6 is 0 Å². The van der Waals surface area contributed by atoms with Crippen molar-refractivity contribution in [3.05, 3.63) is 29.3 Å². The van der Waals surface area contributed by atoms with Crippen LogP contribution in [0.4, 0.5) is 0 Å². The van der Waals surface area contributed by atoms with Crippen LogP contribution < -0.4 is 4.74 Å². The fourth-order valence-corrected chi connectivity index (χ4v) is 2.95. The van der Waals surface area contributed by atoms with Gasteiger partial charge in [0.05, 0.1) is 12.7 Å². The van der Waals surface area contributed by atoms with Crippen molar-refractivity contribution in [2.24, 2.45) is 0 Å². The third kappa shape index (κ3) is 3.10. The second-order valence-electron chi connectivity index (χ2n) is 6.03. The predicted octanol–water partition coefficient (Wildman–Crippen LogP) is 2.36. The van der Waals surface area contributed by atoms with Gasteiger partial charge in [-0.15, -0.1) is 0 Å². The summed E-state index contributed by atoms with van der Waals surface area (Å²) in [6.45, 7) is 3.35. The van der Waals surface area contributed by atoms with Gasteiger partial charge in [0.25, 0.3) is 0 Å². The quantitative estimate of drug-likeness (QED) is 0.883. The minimum Gasteiger partial charge on any atom is -0.496 e. The highest BCUT2D eigenvalue weighted by atomic mass is 16.5. The number of aliphatic hydroxyl groups is 1. The Labute approximate surface area is 115 Å². The smallest absolute Gasteiger partial charge is 0.123 e. The molecule has 3 heteroatoms. The van der Waals surface area contributed by atoms with Crippen molar-refractivity contribution < 1.29 is 9.84 Å². The number of rotatable bonds is 5. The second kappa shape index (κ2) is 5.14. The van der Waals surface area contributed by atoms with Crippen LogP contribution in [-0.4, -0.2) is 35.8 Å². The van der Waals surface area contributed by atoms with E-state index in [9.17, 15) is 5.11 Å². The first-order valence-corrected chi connectivity index (χ1v) is 7.29. The molecule has 1 saturated heterocycles. The minimum absolute atomic E-state index is 0.417. The molecule has 1 aliphatic carbocycles. The Morgan fingerprint density at radius 1 is 1.26 bits per heavy atom. The first-order chi connectivity index (χ1) is 9.18. The molecular formula is C16H23NO2. The standard InChI is InChI=1S/C16H23NO2/c1-19-15-5-4-13(11-16(18)6-7-16)10-14(15)12-17-8-2-3-9-17/h4-5,10,18H,2-3,6-9,11-12H2,1H3. The molecule has 2 aliphatic rings. The number of benzene rings is 1. The molecule has 104 valence electrons. The number of nitrogens with zero attached hydrogens (tertiary/aromatic N) is 1. The van der Waals surface area contributed by atoms with E-state index in [1.54, 1.807) is 7.11 Å². The maximum atomic E-state index is 10.0. The summed E-state index contributed by atoms with van der Waals surface area (Å²) in [5.74, 6) is 0.971. The molecule has 1 N–H and O–H groups in total. The Hall–Kier alpha value is -1.06. The van der Waals surface area contributed by atoms with Crippen molar-refractivity contribution in [3.8, 4) is 5.75 Å². The van der Waals surface area contributed by atoms with Crippen LogP contribution in [0.1, 0.15) is 36.8 Å². The van der Waals surface area contributed by atoms with Gasteiger partial charge in [-0.3, -0.25) is 4.90 Å². The average Bonchev–Trinajstić information content (AvgIpc) is 2.91. The molecule has 0 spiro atoms. The SMILES string of the molecule is COc1ccc(CC2(O)CC2)cc1CN1CCCC1. The lowest BCUT2D eigenvalue weighted by molar-refractivity contribution is 0.151. The molecule has 0 atom stereocenters. The normalized spacial score (nSPS) is 21.6. The van der Waals surface area contributed by atoms with E-state index in [0.29, 0.717) is 0 Å². The van der Waals surface area contributed by atoms with Gasteiger partial charge in [0.2, 0.25) is 0 Å². The van der Waals surface area contributed by atoms with Gasteiger partial charge in [0, 0.05) is 18.5 Å². The topological polar surface area (TPSA) is 32.7 Å². The zero-order valence-electron chi connectivity index (χ0n) is 11.7. The fraction of sp³-hybridized carbons (Fsp3) is 0.625. The van der Waals surface area contributed by atoms with Gasteiger partial charge in [0.15, 0.2) is 0 Å². The van der Waals surface area contributed by atoms with E-state index in [4.69, 9.17) is 4.74 Å². The maximum Gasteiger partial charge on any atom is 0.123 e. The summed E-state index contributed by atoms with van der Waals surface area (Å²) >= 11 is 0. The Morgan fingerprint density at radius 2 is 2.00 bits per heavy atom. The highest BCUT2D eigenvalue weighted by Gasteiger charge is 2.40. The number of methoxy groups -OCH3 is 1. The van der Waals surface area contributed by atoms with Gasteiger partial charge in [-0.25, -0.2) is 0 Å². The lowest BCUT2D eigenvalue weighted by Crippen LogP contribution is -2.19. The molecule has 0 radical (unpaired) electrons. The molecule has 19 heavy (non-hydrogen) atoms. The molecule has 3 nitrogen and oxygen atoms in total. The van der Waals surface area contributed by atoms with Gasteiger partial charge in [-0.05, 0) is 50.4 Å². The molecular weight excluding hydrogens is 238 g/mol. The molecule has 3 rings (SSSR count). The van der Waals surface area contributed by atoms with Crippen LogP contribution in [0.2, 0.25) is 0 Å². The van der Waals surface area contributed by atoms with E-state index in [2.05, 4.69) is 17.0 Å². The largest absolute Gasteiger partial charge is 0.496 e. The van der Waals surface area contributed by atoms with Gasteiger partial charge >= 0.3 is 0 Å². The van der Waals surface area contributed by atoms with Gasteiger partial charge in [-0.1, -0.05) is 12.1 Å². The van der Waals surface area contributed by atoms with Crippen LogP contribution in [0.5, 0.6) is 5.75 Å². The van der Waals surface area contributed by atoms with Gasteiger partial charge < -0.3 is 9.84 Å². The van der Waals surface area contributed by atoms with Crippen LogP contribution in [0.25, 0.3) is 0 Å². The number of likely N-dealkylation sites (tertiary alicyclic amines) is 1. The Morgan fingerprint density at radius 3 is 2.63 bits per heavy atom. The molecule has 2 fully saturated rings. The third-order valence-electron chi connectivity index (χ3n) is 4.30. The number of ether oxygens (including phenoxy) is 1. The molecule has 1 aromatic rings. The minimum atomic E-state index is -0.417. The Kier molecular flexibility index (Phi) is 3.50. The van der Waals surface area contributed by atoms with E-state index >= 15 is 0 Å². The summed E-state index contributed by atoms with van der Waals surface area (Å²) in [7, 11) is 1.73. The van der Waals surface area contributed by atoms with Crippen molar-refractivity contribution in [2.75, 3.05) is 20.2 Å². The molecule has 0 aromatic heterocycles. The molecule has 1 saturated carbocycles. The molecule has 1 aliphatic heterocycles. The fourth-order valence-electron chi connectivity index (χ4n) is 2.95. The summed E-state index contributed by atoms with van der Waals surface area (Å²) < 4.78 is 5.47. The van der Waals surface area contributed by atoms with Crippen molar-refractivity contribution in [1.82, 2.24) is 4.90 Å². The van der Waals surface area contributed by atoms with E-state index in [1.807, 2.05) is 6.07 Å². The van der Waals surface area contributed by atoms with E-state index in [-0.39, 0.29) is 0 Å². The third-order valence-corrected chi connectivity index (χ3v) is 4.30. The first-order valence-electron chi connectivity index (χ1n) is 7.29. The predicted molar refractivity (Wildman–Crippen MR) is 75.4 cm³/mol. The van der Waals surface area contributed by atoms with Crippen molar-refractivity contribution in [3.63, 3.8) is 0 Å². The summed E-state index contributed by atoms with van der Waals surface area (Å²) in [6.07, 6.45) is 5.29. The van der Waals surface area contributed by atoms with Gasteiger partial charge in [-0.2, -0.15) is 0 Å². The Balaban J connectivity index is 1.76. The summed E-state index contributed by atoms with van der Waals surface area (Å²) in [5.41, 5.74) is 2.07. The van der Waals surface area contributed by atoms with E-state index < -0.39 is 5.60 Å². The van der Waals surface area contributed by atoms with E-state index in [0.717, 1.165) is 31.6 Å². The van der Waals surface area contributed by atoms with E-state index in [1.165, 1.54) is 37.1 Å². The zero-order chi connectivity index (χ0) is 13.3. The van der Waals surface area contributed by atoms with Crippen molar-refractivity contribution in [1.29, 1.82) is 0 Å². The highest BCUT2D eigenvalue weighted by molar-refractivity contribution is 5.38. The molecule has 0 amide bonds. The van der Waals surface area contributed by atoms with Crippen LogP contribution in [0, 0.1) is 0 Å². The van der Waals surface area contributed by atoms with Crippen LogP contribution in [0.15, 0.2) is 18.2 Å². The maximum absolute atomic E-state index is 10.0.